The SMILES string of the molecule is Cc1ccc(N)cc1Nc1ccc(C(F)(F)F)cc1C#N. The number of nitrogens with two attached hydrogens (primary N) is 1. The molecule has 3 nitrogen and oxygen atoms in total. The molecule has 0 aliphatic heterocycles. The molecule has 0 fully saturated rings. The van der Waals surface area contributed by atoms with E-state index in [1.807, 2.05) is 6.92 Å². The Bertz CT molecular complexity index is 715. The van der Waals surface area contributed by atoms with Crippen LogP contribution in [0.25, 0.3) is 0 Å². The average molecular weight is 291 g/mol. The molecule has 0 amide bonds. The number of hydrogen-bond donors (Lipinski definition) is 2. The van der Waals surface area contributed by atoms with Crippen molar-refractivity contribution in [2.45, 2.75) is 13.1 Å². The van der Waals surface area contributed by atoms with Crippen molar-refractivity contribution in [2.24, 2.45) is 0 Å². The number of nitrogens with one attached hydrogen (secondary N) is 1. The molecule has 0 bridgehead atoms. The van der Waals surface area contributed by atoms with Crippen LogP contribution in [-0.2, 0) is 6.18 Å². The molecule has 0 unspecified atom stereocenters. The van der Waals surface area contributed by atoms with Gasteiger partial charge in [0.05, 0.1) is 16.8 Å². The highest BCUT2D eigenvalue weighted by atomic mass is 19.4. The van der Waals surface area contributed by atoms with Gasteiger partial charge in [-0.15, -0.1) is 0 Å². The number of anilines is 3. The van der Waals surface area contributed by atoms with Crippen LogP contribution < -0.4 is 11.1 Å². The summed E-state index contributed by atoms with van der Waals surface area (Å²) in [7, 11) is 0. The standard InChI is InChI=1S/C15H12F3N3/c1-9-2-4-12(20)7-14(9)21-13-5-3-11(15(16,17)18)6-10(13)8-19/h2-7,21H,20H2,1H3. The molecule has 0 heterocycles. The fourth-order valence-corrected chi connectivity index (χ4v) is 1.84. The Kier molecular flexibility index (Phi) is 3.76. The van der Waals surface area contributed by atoms with E-state index in [1.165, 1.54) is 6.07 Å². The number of aryl methyl sites for hydroxylation is 1. The second-order valence-electron chi connectivity index (χ2n) is 4.57. The highest BCUT2D eigenvalue weighted by Crippen LogP contribution is 2.33. The maximum Gasteiger partial charge on any atom is 0.416 e. The lowest BCUT2D eigenvalue weighted by molar-refractivity contribution is -0.137. The third-order valence-corrected chi connectivity index (χ3v) is 3.00. The van der Waals surface area contributed by atoms with Crippen LogP contribution in [-0.4, -0.2) is 0 Å². The van der Waals surface area contributed by atoms with Crippen LogP contribution in [0, 0.1) is 18.3 Å². The lowest BCUT2D eigenvalue weighted by atomic mass is 10.1. The van der Waals surface area contributed by atoms with Gasteiger partial charge in [-0.05, 0) is 42.8 Å². The predicted molar refractivity (Wildman–Crippen MR) is 75.0 cm³/mol. The molecule has 0 saturated heterocycles. The van der Waals surface area contributed by atoms with Crippen LogP contribution in [0.5, 0.6) is 0 Å². The van der Waals surface area contributed by atoms with E-state index >= 15 is 0 Å². The molecular formula is C15H12F3N3. The van der Waals surface area contributed by atoms with Crippen LogP contribution in [0.1, 0.15) is 16.7 Å². The third-order valence-electron chi connectivity index (χ3n) is 3.00. The lowest BCUT2D eigenvalue weighted by Gasteiger charge is -2.13. The molecule has 0 atom stereocenters. The van der Waals surface area contributed by atoms with Gasteiger partial charge < -0.3 is 11.1 Å². The van der Waals surface area contributed by atoms with Crippen molar-refractivity contribution >= 4 is 17.1 Å². The van der Waals surface area contributed by atoms with Gasteiger partial charge in [-0.3, -0.25) is 0 Å². The molecule has 0 aromatic heterocycles. The van der Waals surface area contributed by atoms with Gasteiger partial charge in [0.15, 0.2) is 0 Å². The summed E-state index contributed by atoms with van der Waals surface area (Å²) < 4.78 is 37.9. The minimum Gasteiger partial charge on any atom is -0.399 e. The summed E-state index contributed by atoms with van der Waals surface area (Å²) in [6.45, 7) is 1.83. The topological polar surface area (TPSA) is 61.8 Å². The van der Waals surface area contributed by atoms with Gasteiger partial charge in [0.2, 0.25) is 0 Å². The second kappa shape index (κ2) is 5.37. The molecule has 0 saturated carbocycles. The smallest absolute Gasteiger partial charge is 0.399 e. The third kappa shape index (κ3) is 3.26. The highest BCUT2D eigenvalue weighted by molar-refractivity contribution is 5.71. The lowest BCUT2D eigenvalue weighted by Crippen LogP contribution is -2.06. The van der Waals surface area contributed by atoms with Crippen molar-refractivity contribution in [3.8, 4) is 6.07 Å². The molecular weight excluding hydrogens is 279 g/mol. The summed E-state index contributed by atoms with van der Waals surface area (Å²) in [5.41, 5.74) is 7.09. The summed E-state index contributed by atoms with van der Waals surface area (Å²) in [4.78, 5) is 0. The van der Waals surface area contributed by atoms with Crippen molar-refractivity contribution in [3.05, 3.63) is 53.1 Å². The predicted octanol–water partition coefficient (Wildman–Crippen LogP) is 4.21. The average Bonchev–Trinajstić information content (AvgIpc) is 2.42. The van der Waals surface area contributed by atoms with Crippen molar-refractivity contribution < 1.29 is 13.2 Å². The summed E-state index contributed by atoms with van der Waals surface area (Å²) in [5, 5.41) is 12.0. The summed E-state index contributed by atoms with van der Waals surface area (Å²) in [5.74, 6) is 0. The van der Waals surface area contributed by atoms with Crippen molar-refractivity contribution in [1.29, 1.82) is 5.26 Å². The van der Waals surface area contributed by atoms with E-state index in [9.17, 15) is 13.2 Å². The number of hydrogen-bond acceptors (Lipinski definition) is 3. The van der Waals surface area contributed by atoms with Gasteiger partial charge in [0, 0.05) is 11.4 Å². The van der Waals surface area contributed by atoms with Crippen molar-refractivity contribution in [1.82, 2.24) is 0 Å². The molecule has 0 aliphatic rings. The largest absolute Gasteiger partial charge is 0.416 e. The van der Waals surface area contributed by atoms with Gasteiger partial charge in [0.25, 0.3) is 0 Å². The van der Waals surface area contributed by atoms with Crippen LogP contribution in [0.3, 0.4) is 0 Å². The molecule has 2 aromatic rings. The van der Waals surface area contributed by atoms with Gasteiger partial charge in [-0.1, -0.05) is 6.07 Å². The first-order chi connectivity index (χ1) is 9.81. The van der Waals surface area contributed by atoms with Crippen molar-refractivity contribution in [3.63, 3.8) is 0 Å². The first-order valence-corrected chi connectivity index (χ1v) is 6.06. The number of alkyl halides is 3. The molecule has 2 rings (SSSR count). The van der Waals surface area contributed by atoms with E-state index in [0.717, 1.165) is 17.7 Å². The fraction of sp³-hybridized carbons (Fsp3) is 0.133. The molecule has 2 aromatic carbocycles. The second-order valence-corrected chi connectivity index (χ2v) is 4.57. The van der Waals surface area contributed by atoms with Crippen LogP contribution in [0.15, 0.2) is 36.4 Å². The minimum atomic E-state index is -4.47. The monoisotopic (exact) mass is 291 g/mol. The maximum atomic E-state index is 12.6. The van der Waals surface area contributed by atoms with E-state index in [-0.39, 0.29) is 5.56 Å². The van der Waals surface area contributed by atoms with E-state index in [4.69, 9.17) is 11.0 Å². The molecule has 108 valence electrons. The van der Waals surface area contributed by atoms with Crippen molar-refractivity contribution in [2.75, 3.05) is 11.1 Å². The molecule has 21 heavy (non-hydrogen) atoms. The quantitative estimate of drug-likeness (QED) is 0.815. The van der Waals surface area contributed by atoms with Crippen LogP contribution in [0.4, 0.5) is 30.2 Å². The van der Waals surface area contributed by atoms with E-state index in [0.29, 0.717) is 17.1 Å². The molecule has 3 N–H and O–H groups in total. The number of halogens is 3. The Labute approximate surface area is 119 Å². The van der Waals surface area contributed by atoms with E-state index < -0.39 is 11.7 Å². The molecule has 0 radical (unpaired) electrons. The number of rotatable bonds is 2. The van der Waals surface area contributed by atoms with E-state index in [2.05, 4.69) is 5.32 Å². The highest BCUT2D eigenvalue weighted by Gasteiger charge is 2.31. The zero-order valence-electron chi connectivity index (χ0n) is 11.1. The zero-order chi connectivity index (χ0) is 15.6. The Morgan fingerprint density at radius 2 is 1.81 bits per heavy atom. The van der Waals surface area contributed by atoms with E-state index in [1.54, 1.807) is 24.3 Å². The number of nitriles is 1. The zero-order valence-corrected chi connectivity index (χ0v) is 11.1. The number of benzene rings is 2. The molecule has 0 aliphatic carbocycles. The summed E-state index contributed by atoms with van der Waals surface area (Å²) in [6.07, 6.45) is -4.47. The summed E-state index contributed by atoms with van der Waals surface area (Å²) in [6, 6.07) is 9.93. The normalized spacial score (nSPS) is 11.0. The first kappa shape index (κ1) is 14.7. The van der Waals surface area contributed by atoms with Gasteiger partial charge in [-0.2, -0.15) is 18.4 Å². The maximum absolute atomic E-state index is 12.6. The van der Waals surface area contributed by atoms with Crippen LogP contribution >= 0.6 is 0 Å². The number of nitrogen functional groups attached to an aromatic ring is 1. The first-order valence-electron chi connectivity index (χ1n) is 6.06. The molecule has 0 spiro atoms. The fourth-order valence-electron chi connectivity index (χ4n) is 1.84. The minimum absolute atomic E-state index is 0.0772. The van der Waals surface area contributed by atoms with Gasteiger partial charge >= 0.3 is 6.18 Å². The van der Waals surface area contributed by atoms with Crippen LogP contribution in [0.2, 0.25) is 0 Å². The number of nitrogens with zero attached hydrogens (tertiary/aromatic N) is 1. The molecule has 6 heteroatoms. The Hall–Kier alpha value is -2.68. The summed E-state index contributed by atoms with van der Waals surface area (Å²) >= 11 is 0. The Morgan fingerprint density at radius 3 is 2.43 bits per heavy atom. The van der Waals surface area contributed by atoms with Gasteiger partial charge in [-0.25, -0.2) is 0 Å². The Balaban J connectivity index is 2.41. The van der Waals surface area contributed by atoms with Gasteiger partial charge in [0.1, 0.15) is 6.07 Å². The Morgan fingerprint density at radius 1 is 1.10 bits per heavy atom.